The molecule has 1 aromatic carbocycles. The van der Waals surface area contributed by atoms with Crippen molar-refractivity contribution in [3.05, 3.63) is 29.8 Å². The van der Waals surface area contributed by atoms with Gasteiger partial charge in [-0.1, -0.05) is 31.4 Å². The summed E-state index contributed by atoms with van der Waals surface area (Å²) in [6.07, 6.45) is 6.73. The molecule has 25 heavy (non-hydrogen) atoms. The largest absolute Gasteiger partial charge is 0.481 e. The van der Waals surface area contributed by atoms with Gasteiger partial charge in [-0.2, -0.15) is 0 Å². The van der Waals surface area contributed by atoms with Crippen LogP contribution >= 0.6 is 0 Å². The van der Waals surface area contributed by atoms with Crippen molar-refractivity contribution in [3.8, 4) is 0 Å². The summed E-state index contributed by atoms with van der Waals surface area (Å²) in [6.45, 7) is 2.95. The molecule has 1 N–H and O–H groups in total. The Morgan fingerprint density at radius 2 is 1.56 bits per heavy atom. The number of rotatable bonds is 5. The summed E-state index contributed by atoms with van der Waals surface area (Å²) in [5, 5.41) is 8.69. The van der Waals surface area contributed by atoms with E-state index in [9.17, 15) is 9.59 Å². The molecule has 1 heterocycles. The van der Waals surface area contributed by atoms with E-state index in [0.29, 0.717) is 13.1 Å². The van der Waals surface area contributed by atoms with Gasteiger partial charge in [0.1, 0.15) is 0 Å². The first-order valence-electron chi connectivity index (χ1n) is 9.48. The summed E-state index contributed by atoms with van der Waals surface area (Å²) >= 11 is 0. The minimum atomic E-state index is -0.912. The molecule has 0 aromatic heterocycles. The van der Waals surface area contributed by atoms with Crippen LogP contribution in [0.2, 0.25) is 0 Å². The van der Waals surface area contributed by atoms with Gasteiger partial charge in [0.2, 0.25) is 5.91 Å². The molecule has 5 nitrogen and oxygen atoms in total. The molecule has 0 unspecified atom stereocenters. The first-order chi connectivity index (χ1) is 12.1. The normalized spacial score (nSPS) is 19.0. The molecular formula is C20H28N2O3. The molecule has 1 saturated carbocycles. The van der Waals surface area contributed by atoms with Crippen molar-refractivity contribution >= 4 is 17.6 Å². The van der Waals surface area contributed by atoms with Crippen LogP contribution in [-0.4, -0.2) is 48.1 Å². The topological polar surface area (TPSA) is 60.9 Å². The summed E-state index contributed by atoms with van der Waals surface area (Å²) in [6, 6.07) is 8.98. The van der Waals surface area contributed by atoms with E-state index < -0.39 is 5.97 Å². The Kier molecular flexibility index (Phi) is 5.95. The van der Waals surface area contributed by atoms with E-state index in [2.05, 4.69) is 29.2 Å². The Labute approximate surface area is 149 Å². The van der Waals surface area contributed by atoms with Crippen LogP contribution in [0.15, 0.2) is 24.3 Å². The van der Waals surface area contributed by atoms with Crippen LogP contribution in [-0.2, 0) is 9.59 Å². The van der Waals surface area contributed by atoms with E-state index in [-0.39, 0.29) is 18.7 Å². The highest BCUT2D eigenvalue weighted by Crippen LogP contribution is 2.33. The second kappa shape index (κ2) is 8.37. The lowest BCUT2D eigenvalue weighted by Gasteiger charge is -2.36. The smallest absolute Gasteiger partial charge is 0.303 e. The molecule has 1 aliphatic heterocycles. The lowest BCUT2D eigenvalue weighted by atomic mass is 9.84. The van der Waals surface area contributed by atoms with E-state index >= 15 is 0 Å². The number of anilines is 1. The fraction of sp³-hybridized carbons (Fsp3) is 0.600. The van der Waals surface area contributed by atoms with Crippen LogP contribution in [0.1, 0.15) is 56.4 Å². The molecule has 0 spiro atoms. The summed E-state index contributed by atoms with van der Waals surface area (Å²) < 4.78 is 0. The van der Waals surface area contributed by atoms with Gasteiger partial charge < -0.3 is 14.9 Å². The Hall–Kier alpha value is -2.04. The molecule has 3 rings (SSSR count). The molecule has 1 aromatic rings. The number of hydrogen-bond acceptors (Lipinski definition) is 3. The monoisotopic (exact) mass is 344 g/mol. The summed E-state index contributed by atoms with van der Waals surface area (Å²) in [5.74, 6) is -0.230. The van der Waals surface area contributed by atoms with Crippen molar-refractivity contribution < 1.29 is 14.7 Å². The standard InChI is InChI=1S/C20H28N2O3/c23-19(10-11-20(24)25)22-14-12-21(13-15-22)18-8-6-17(7-9-18)16-4-2-1-3-5-16/h6-9,16H,1-5,10-15H2,(H,24,25). The second-order valence-electron chi connectivity index (χ2n) is 7.19. The third-order valence-corrected chi connectivity index (χ3v) is 5.52. The zero-order chi connectivity index (χ0) is 17.6. The maximum atomic E-state index is 12.0. The number of hydrogen-bond donors (Lipinski definition) is 1. The minimum absolute atomic E-state index is 0.0466. The van der Waals surface area contributed by atoms with Gasteiger partial charge in [-0.25, -0.2) is 0 Å². The first-order valence-corrected chi connectivity index (χ1v) is 9.48. The lowest BCUT2D eigenvalue weighted by Crippen LogP contribution is -2.48. The number of carboxylic acids is 1. The lowest BCUT2D eigenvalue weighted by molar-refractivity contribution is -0.141. The molecule has 1 aliphatic carbocycles. The highest BCUT2D eigenvalue weighted by atomic mass is 16.4. The number of aliphatic carboxylic acids is 1. The number of carbonyl (C=O) groups is 2. The van der Waals surface area contributed by atoms with Gasteiger partial charge in [-0.3, -0.25) is 9.59 Å². The molecule has 0 radical (unpaired) electrons. The van der Waals surface area contributed by atoms with Crippen molar-refractivity contribution in [1.29, 1.82) is 0 Å². The Morgan fingerprint density at radius 1 is 0.920 bits per heavy atom. The van der Waals surface area contributed by atoms with Gasteiger partial charge in [-0.15, -0.1) is 0 Å². The third-order valence-electron chi connectivity index (χ3n) is 5.52. The predicted molar refractivity (Wildman–Crippen MR) is 97.9 cm³/mol. The SMILES string of the molecule is O=C(O)CCC(=O)N1CCN(c2ccc(C3CCCCC3)cc2)CC1. The average Bonchev–Trinajstić information content (AvgIpc) is 2.67. The molecule has 0 atom stereocenters. The van der Waals surface area contributed by atoms with E-state index in [0.717, 1.165) is 19.0 Å². The maximum Gasteiger partial charge on any atom is 0.303 e. The van der Waals surface area contributed by atoms with E-state index in [1.54, 1.807) is 4.90 Å². The van der Waals surface area contributed by atoms with Crippen molar-refractivity contribution in [1.82, 2.24) is 4.90 Å². The minimum Gasteiger partial charge on any atom is -0.481 e. The predicted octanol–water partition coefficient (Wildman–Crippen LogP) is 3.25. The van der Waals surface area contributed by atoms with E-state index in [4.69, 9.17) is 5.11 Å². The Morgan fingerprint density at radius 3 is 2.16 bits per heavy atom. The van der Waals surface area contributed by atoms with E-state index in [1.165, 1.54) is 43.4 Å². The number of piperazine rings is 1. The molecule has 1 saturated heterocycles. The summed E-state index contributed by atoms with van der Waals surface area (Å²) in [4.78, 5) is 26.7. The molecule has 2 aliphatic rings. The highest BCUT2D eigenvalue weighted by Gasteiger charge is 2.22. The quantitative estimate of drug-likeness (QED) is 0.891. The van der Waals surface area contributed by atoms with Crippen molar-refractivity contribution in [3.63, 3.8) is 0 Å². The first kappa shape index (κ1) is 17.8. The van der Waals surface area contributed by atoms with Crippen molar-refractivity contribution in [2.45, 2.75) is 50.9 Å². The summed E-state index contributed by atoms with van der Waals surface area (Å²) in [7, 11) is 0. The molecule has 0 bridgehead atoms. The van der Waals surface area contributed by atoms with Crippen LogP contribution in [0.5, 0.6) is 0 Å². The fourth-order valence-electron chi connectivity index (χ4n) is 3.98. The zero-order valence-electron chi connectivity index (χ0n) is 14.8. The molecule has 1 amide bonds. The second-order valence-corrected chi connectivity index (χ2v) is 7.19. The zero-order valence-corrected chi connectivity index (χ0v) is 14.8. The number of amides is 1. The van der Waals surface area contributed by atoms with Crippen molar-refractivity contribution in [2.24, 2.45) is 0 Å². The van der Waals surface area contributed by atoms with Gasteiger partial charge >= 0.3 is 5.97 Å². The number of benzene rings is 1. The number of carboxylic acid groups (broad SMARTS) is 1. The fourth-order valence-corrected chi connectivity index (χ4v) is 3.98. The molecule has 136 valence electrons. The van der Waals surface area contributed by atoms with Crippen LogP contribution in [0, 0.1) is 0 Å². The maximum absolute atomic E-state index is 12.0. The highest BCUT2D eigenvalue weighted by molar-refractivity contribution is 5.81. The van der Waals surface area contributed by atoms with Crippen LogP contribution in [0.4, 0.5) is 5.69 Å². The molecule has 2 fully saturated rings. The number of nitrogens with zero attached hydrogens (tertiary/aromatic N) is 2. The Balaban J connectivity index is 1.50. The van der Waals surface area contributed by atoms with Crippen molar-refractivity contribution in [2.75, 3.05) is 31.1 Å². The molecular weight excluding hydrogens is 316 g/mol. The molecule has 5 heteroatoms. The van der Waals surface area contributed by atoms with Crippen LogP contribution < -0.4 is 4.90 Å². The average molecular weight is 344 g/mol. The van der Waals surface area contributed by atoms with Crippen LogP contribution in [0.3, 0.4) is 0 Å². The van der Waals surface area contributed by atoms with Gasteiger partial charge in [0.15, 0.2) is 0 Å². The third kappa shape index (κ3) is 4.74. The summed E-state index contributed by atoms with van der Waals surface area (Å²) in [5.41, 5.74) is 2.68. The Bertz CT molecular complexity index is 585. The van der Waals surface area contributed by atoms with Crippen LogP contribution in [0.25, 0.3) is 0 Å². The van der Waals surface area contributed by atoms with Gasteiger partial charge in [0.05, 0.1) is 6.42 Å². The van der Waals surface area contributed by atoms with Gasteiger partial charge in [-0.05, 0) is 36.5 Å². The van der Waals surface area contributed by atoms with Gasteiger partial charge in [0, 0.05) is 38.3 Å². The number of carbonyl (C=O) groups excluding carboxylic acids is 1. The van der Waals surface area contributed by atoms with Gasteiger partial charge in [0.25, 0.3) is 0 Å². The van der Waals surface area contributed by atoms with E-state index in [1.807, 2.05) is 0 Å².